The number of nitrogens with zero attached hydrogens (tertiary/aromatic N) is 2. The summed E-state index contributed by atoms with van der Waals surface area (Å²) in [7, 11) is 1.39. The van der Waals surface area contributed by atoms with Gasteiger partial charge in [-0.25, -0.2) is 4.98 Å². The maximum atomic E-state index is 11.7. The Bertz CT molecular complexity index is 645. The summed E-state index contributed by atoms with van der Waals surface area (Å²) in [4.78, 5) is 15.8. The van der Waals surface area contributed by atoms with E-state index in [4.69, 9.17) is 16.9 Å². The van der Waals surface area contributed by atoms with Crippen molar-refractivity contribution in [2.24, 2.45) is 0 Å². The van der Waals surface area contributed by atoms with Crippen LogP contribution in [0.2, 0.25) is 5.15 Å². The minimum Gasteiger partial charge on any atom is -0.506 e. The molecule has 1 aliphatic carbocycles. The van der Waals surface area contributed by atoms with Crippen LogP contribution in [0.3, 0.4) is 0 Å². The number of hydrogen-bond donors (Lipinski definition) is 3. The van der Waals surface area contributed by atoms with E-state index in [2.05, 4.69) is 15.6 Å². The zero-order valence-corrected chi connectivity index (χ0v) is 12.9. The molecule has 1 aliphatic rings. The molecule has 0 radical (unpaired) electrons. The number of nitrogens with one attached hydrogen (secondary N) is 2. The molecular weight excluding hydrogens is 304 g/mol. The van der Waals surface area contributed by atoms with Crippen LogP contribution in [0.5, 0.6) is 0 Å². The van der Waals surface area contributed by atoms with Gasteiger partial charge in [0.15, 0.2) is 5.57 Å². The zero-order valence-electron chi connectivity index (χ0n) is 12.2. The lowest BCUT2D eigenvalue weighted by Gasteiger charge is -2.16. The van der Waals surface area contributed by atoms with Gasteiger partial charge in [-0.3, -0.25) is 4.79 Å². The summed E-state index contributed by atoms with van der Waals surface area (Å²) >= 11 is 5.92. The lowest BCUT2D eigenvalue weighted by molar-refractivity contribution is -0.116. The summed E-state index contributed by atoms with van der Waals surface area (Å²) < 4.78 is 0. The largest absolute Gasteiger partial charge is 0.506 e. The molecule has 1 aromatic rings. The number of rotatable bonds is 4. The molecule has 0 aliphatic heterocycles. The van der Waals surface area contributed by atoms with Crippen molar-refractivity contribution in [3.63, 3.8) is 0 Å². The quantitative estimate of drug-likeness (QED) is 0.343. The molecule has 1 heterocycles. The van der Waals surface area contributed by atoms with Gasteiger partial charge in [-0.2, -0.15) is 5.26 Å². The highest BCUT2D eigenvalue weighted by Crippen LogP contribution is 2.28. The van der Waals surface area contributed by atoms with Crippen molar-refractivity contribution in [1.29, 1.82) is 5.26 Å². The average Bonchev–Trinajstić information content (AvgIpc) is 3.00. The van der Waals surface area contributed by atoms with Gasteiger partial charge in [-0.1, -0.05) is 24.4 Å². The second-order valence-corrected chi connectivity index (χ2v) is 5.46. The monoisotopic (exact) mass is 320 g/mol. The number of aliphatic hydroxyl groups excluding tert-OH is 1. The fourth-order valence-electron chi connectivity index (χ4n) is 2.47. The fourth-order valence-corrected chi connectivity index (χ4v) is 2.62. The average molecular weight is 321 g/mol. The van der Waals surface area contributed by atoms with Crippen LogP contribution >= 0.6 is 11.6 Å². The van der Waals surface area contributed by atoms with Crippen molar-refractivity contribution in [3.8, 4) is 6.07 Å². The normalized spacial score (nSPS) is 15.9. The number of carbonyl (C=O) groups excluding carboxylic acids is 1. The molecule has 0 spiro atoms. The topological polar surface area (TPSA) is 98.0 Å². The van der Waals surface area contributed by atoms with Crippen molar-refractivity contribution >= 4 is 29.1 Å². The van der Waals surface area contributed by atoms with Crippen LogP contribution in [0.1, 0.15) is 31.2 Å². The maximum Gasteiger partial charge on any atom is 0.265 e. The first-order valence-electron chi connectivity index (χ1n) is 7.05. The number of likely N-dealkylation sites (N-methyl/N-ethyl adjacent to an activating group) is 1. The molecule has 116 valence electrons. The predicted octanol–water partition coefficient (Wildman–Crippen LogP) is 2.63. The highest BCUT2D eigenvalue weighted by atomic mass is 35.5. The molecule has 7 heteroatoms. The number of aromatic nitrogens is 1. The molecule has 3 N–H and O–H groups in total. The van der Waals surface area contributed by atoms with Crippen LogP contribution in [0.4, 0.5) is 5.82 Å². The Morgan fingerprint density at radius 3 is 2.73 bits per heavy atom. The maximum absolute atomic E-state index is 11.7. The van der Waals surface area contributed by atoms with Gasteiger partial charge < -0.3 is 15.7 Å². The van der Waals surface area contributed by atoms with E-state index in [-0.39, 0.29) is 22.3 Å². The molecule has 1 fully saturated rings. The van der Waals surface area contributed by atoms with Crippen molar-refractivity contribution in [3.05, 3.63) is 28.4 Å². The van der Waals surface area contributed by atoms with Crippen molar-refractivity contribution < 1.29 is 9.90 Å². The number of anilines is 1. The minimum absolute atomic E-state index is 0.253. The van der Waals surface area contributed by atoms with Crippen LogP contribution in [0.25, 0.3) is 5.76 Å². The van der Waals surface area contributed by atoms with Gasteiger partial charge >= 0.3 is 0 Å². The summed E-state index contributed by atoms with van der Waals surface area (Å²) in [5.41, 5.74) is -0.0717. The Morgan fingerprint density at radius 1 is 1.45 bits per heavy atom. The SMILES string of the molecule is CNC(=O)C(C#N)=C(O)c1ccc(Cl)nc1NC1CCCC1. The number of pyridine rings is 1. The standard InChI is InChI=1S/C15H17ClN4O2/c1-18-15(22)11(8-17)13(21)10-6-7-12(16)20-14(10)19-9-4-2-3-5-9/h6-7,9,21H,2-5H2,1H3,(H,18,22)(H,19,20). The smallest absolute Gasteiger partial charge is 0.265 e. The summed E-state index contributed by atoms with van der Waals surface area (Å²) in [5.74, 6) is -0.679. The lowest BCUT2D eigenvalue weighted by Crippen LogP contribution is -2.21. The van der Waals surface area contributed by atoms with E-state index in [0.29, 0.717) is 5.82 Å². The molecular formula is C15H17ClN4O2. The zero-order chi connectivity index (χ0) is 16.1. The summed E-state index contributed by atoms with van der Waals surface area (Å²) in [6.07, 6.45) is 4.30. The molecule has 1 amide bonds. The molecule has 0 bridgehead atoms. The van der Waals surface area contributed by atoms with Crippen LogP contribution in [0, 0.1) is 11.3 Å². The van der Waals surface area contributed by atoms with Gasteiger partial charge in [-0.05, 0) is 25.0 Å². The molecule has 22 heavy (non-hydrogen) atoms. The molecule has 1 aromatic heterocycles. The van der Waals surface area contributed by atoms with Gasteiger partial charge in [0.25, 0.3) is 5.91 Å². The Hall–Kier alpha value is -2.26. The summed E-state index contributed by atoms with van der Waals surface area (Å²) in [5, 5.41) is 25.2. The van der Waals surface area contributed by atoms with Crippen molar-refractivity contribution in [1.82, 2.24) is 10.3 Å². The van der Waals surface area contributed by atoms with Crippen molar-refractivity contribution in [2.75, 3.05) is 12.4 Å². The third kappa shape index (κ3) is 3.49. The Kier molecular flexibility index (Phi) is 5.23. The molecule has 1 saturated carbocycles. The van der Waals surface area contributed by atoms with E-state index < -0.39 is 11.7 Å². The Balaban J connectivity index is 2.43. The molecule has 0 saturated heterocycles. The van der Waals surface area contributed by atoms with E-state index in [1.165, 1.54) is 13.1 Å². The van der Waals surface area contributed by atoms with Gasteiger partial charge in [0.2, 0.25) is 0 Å². The minimum atomic E-state index is -0.651. The first-order chi connectivity index (χ1) is 10.6. The molecule has 0 aromatic carbocycles. The van der Waals surface area contributed by atoms with Crippen LogP contribution in [0.15, 0.2) is 17.7 Å². The van der Waals surface area contributed by atoms with E-state index in [0.717, 1.165) is 25.7 Å². The second kappa shape index (κ2) is 7.14. The highest BCUT2D eigenvalue weighted by Gasteiger charge is 2.21. The molecule has 0 atom stereocenters. The highest BCUT2D eigenvalue weighted by molar-refractivity contribution is 6.29. The lowest BCUT2D eigenvalue weighted by atomic mass is 10.1. The second-order valence-electron chi connectivity index (χ2n) is 5.07. The number of hydrogen-bond acceptors (Lipinski definition) is 5. The number of carbonyl (C=O) groups is 1. The first kappa shape index (κ1) is 16.1. The molecule has 2 rings (SSSR count). The van der Waals surface area contributed by atoms with Gasteiger partial charge in [0.1, 0.15) is 22.8 Å². The fraction of sp³-hybridized carbons (Fsp3) is 0.400. The third-order valence-corrected chi connectivity index (χ3v) is 3.83. The van der Waals surface area contributed by atoms with Crippen LogP contribution in [-0.2, 0) is 4.79 Å². The van der Waals surface area contributed by atoms with E-state index in [9.17, 15) is 9.90 Å². The predicted molar refractivity (Wildman–Crippen MR) is 84.4 cm³/mol. The van der Waals surface area contributed by atoms with Crippen LogP contribution < -0.4 is 10.6 Å². The summed E-state index contributed by atoms with van der Waals surface area (Å²) in [6, 6.07) is 5.02. The van der Waals surface area contributed by atoms with E-state index in [1.54, 1.807) is 12.1 Å². The number of amides is 1. The molecule has 0 unspecified atom stereocenters. The summed E-state index contributed by atoms with van der Waals surface area (Å²) in [6.45, 7) is 0. The van der Waals surface area contributed by atoms with Crippen molar-refractivity contribution in [2.45, 2.75) is 31.7 Å². The van der Waals surface area contributed by atoms with Gasteiger partial charge in [0.05, 0.1) is 5.56 Å². The van der Waals surface area contributed by atoms with Crippen LogP contribution in [-0.4, -0.2) is 29.1 Å². The Labute approximate surface area is 133 Å². The third-order valence-electron chi connectivity index (χ3n) is 3.62. The first-order valence-corrected chi connectivity index (χ1v) is 7.43. The number of aliphatic hydroxyl groups is 1. The molecule has 6 nitrogen and oxygen atoms in total. The van der Waals surface area contributed by atoms with E-state index >= 15 is 0 Å². The number of halogens is 1. The Morgan fingerprint density at radius 2 is 2.14 bits per heavy atom. The van der Waals surface area contributed by atoms with Gasteiger partial charge in [-0.15, -0.1) is 0 Å². The number of nitriles is 1. The van der Waals surface area contributed by atoms with Gasteiger partial charge in [0, 0.05) is 13.1 Å². The van der Waals surface area contributed by atoms with E-state index in [1.807, 2.05) is 0 Å².